The topological polar surface area (TPSA) is 43.4 Å². The zero-order valence-corrected chi connectivity index (χ0v) is 18.9. The maximum Gasteiger partial charge on any atom is 0.311 e. The number of ether oxygens (including phenoxy) is 1. The van der Waals surface area contributed by atoms with E-state index >= 15 is 0 Å². The third-order valence-electron chi connectivity index (χ3n) is 5.59. The van der Waals surface area contributed by atoms with Gasteiger partial charge in [-0.15, -0.1) is 0 Å². The van der Waals surface area contributed by atoms with E-state index in [2.05, 4.69) is 25.1 Å². The first-order valence-electron chi connectivity index (χ1n) is 11.7. The van der Waals surface area contributed by atoms with Crippen molar-refractivity contribution in [3.63, 3.8) is 0 Å². The molecule has 0 fully saturated rings. The quantitative estimate of drug-likeness (QED) is 0.0972. The Morgan fingerprint density at radius 2 is 1.47 bits per heavy atom. The van der Waals surface area contributed by atoms with Crippen LogP contribution < -0.4 is 4.74 Å². The van der Waals surface area contributed by atoms with Crippen molar-refractivity contribution in [1.29, 1.82) is 0 Å². The SMILES string of the molecule is CCCCCCCCCC(=O)Oc1ccc(C(=O)C=Cc2cccc3ccccc23)cc1. The van der Waals surface area contributed by atoms with Gasteiger partial charge in [-0.25, -0.2) is 0 Å². The molecule has 0 atom stereocenters. The van der Waals surface area contributed by atoms with Crippen molar-refractivity contribution in [2.45, 2.75) is 58.3 Å². The molecule has 3 rings (SSSR count). The minimum Gasteiger partial charge on any atom is -0.427 e. The first-order valence-corrected chi connectivity index (χ1v) is 11.7. The van der Waals surface area contributed by atoms with Gasteiger partial charge in [0.25, 0.3) is 0 Å². The second-order valence-electron chi connectivity index (χ2n) is 8.14. The van der Waals surface area contributed by atoms with Crippen molar-refractivity contribution >= 4 is 28.6 Å². The van der Waals surface area contributed by atoms with Crippen LogP contribution in [0.15, 0.2) is 72.8 Å². The second kappa shape index (κ2) is 12.6. The summed E-state index contributed by atoms with van der Waals surface area (Å²) in [7, 11) is 0. The summed E-state index contributed by atoms with van der Waals surface area (Å²) < 4.78 is 5.40. The van der Waals surface area contributed by atoms with E-state index < -0.39 is 0 Å². The lowest BCUT2D eigenvalue weighted by molar-refractivity contribution is -0.134. The molecule has 0 heterocycles. The van der Waals surface area contributed by atoms with E-state index in [4.69, 9.17) is 4.74 Å². The fraction of sp³-hybridized carbons (Fsp3) is 0.310. The van der Waals surface area contributed by atoms with Crippen LogP contribution in [0.4, 0.5) is 0 Å². The highest BCUT2D eigenvalue weighted by atomic mass is 16.5. The van der Waals surface area contributed by atoms with Crippen LogP contribution in [0.25, 0.3) is 16.8 Å². The molecule has 0 aliphatic heterocycles. The highest BCUT2D eigenvalue weighted by Gasteiger charge is 2.07. The number of fused-ring (bicyclic) bond motifs is 1. The van der Waals surface area contributed by atoms with Gasteiger partial charge in [-0.05, 0) is 53.1 Å². The second-order valence-corrected chi connectivity index (χ2v) is 8.14. The fourth-order valence-electron chi connectivity index (χ4n) is 3.75. The number of ketones is 1. The normalized spacial score (nSPS) is 11.2. The monoisotopic (exact) mass is 428 g/mol. The number of carbonyl (C=O) groups excluding carboxylic acids is 2. The van der Waals surface area contributed by atoms with E-state index in [-0.39, 0.29) is 11.8 Å². The predicted octanol–water partition coefficient (Wildman–Crippen LogP) is 7.78. The first kappa shape index (κ1) is 23.5. The Morgan fingerprint density at radius 3 is 2.25 bits per heavy atom. The zero-order chi connectivity index (χ0) is 22.6. The largest absolute Gasteiger partial charge is 0.427 e. The molecule has 0 spiro atoms. The van der Waals surface area contributed by atoms with Gasteiger partial charge in [0.15, 0.2) is 5.78 Å². The van der Waals surface area contributed by atoms with Crippen molar-refractivity contribution in [3.05, 3.63) is 83.9 Å². The number of rotatable bonds is 12. The summed E-state index contributed by atoms with van der Waals surface area (Å²) in [6, 6.07) is 20.9. The van der Waals surface area contributed by atoms with Gasteiger partial charge in [-0.1, -0.05) is 94.0 Å². The number of allylic oxidation sites excluding steroid dienone is 1. The maximum atomic E-state index is 12.6. The maximum absolute atomic E-state index is 12.6. The number of unbranched alkanes of at least 4 members (excludes halogenated alkanes) is 6. The van der Waals surface area contributed by atoms with E-state index in [0.29, 0.717) is 17.7 Å². The van der Waals surface area contributed by atoms with Gasteiger partial charge in [0.2, 0.25) is 0 Å². The number of esters is 1. The summed E-state index contributed by atoms with van der Waals surface area (Å²) in [6.07, 6.45) is 12.0. The van der Waals surface area contributed by atoms with E-state index in [0.717, 1.165) is 29.2 Å². The fourth-order valence-corrected chi connectivity index (χ4v) is 3.75. The van der Waals surface area contributed by atoms with Gasteiger partial charge >= 0.3 is 5.97 Å². The van der Waals surface area contributed by atoms with Gasteiger partial charge in [-0.2, -0.15) is 0 Å². The number of benzene rings is 3. The molecule has 3 heteroatoms. The molecule has 3 aromatic carbocycles. The zero-order valence-electron chi connectivity index (χ0n) is 18.9. The van der Waals surface area contributed by atoms with Crippen LogP contribution in [0, 0.1) is 0 Å². The van der Waals surface area contributed by atoms with Gasteiger partial charge < -0.3 is 4.74 Å². The van der Waals surface area contributed by atoms with Gasteiger partial charge in [0, 0.05) is 12.0 Å². The minimum absolute atomic E-state index is 0.0844. The van der Waals surface area contributed by atoms with Crippen molar-refractivity contribution in [1.82, 2.24) is 0 Å². The molecule has 3 nitrogen and oxygen atoms in total. The molecule has 0 unspecified atom stereocenters. The third kappa shape index (κ3) is 7.19. The Labute approximate surface area is 191 Å². The van der Waals surface area contributed by atoms with Crippen LogP contribution in [-0.2, 0) is 4.79 Å². The summed E-state index contributed by atoms with van der Waals surface area (Å²) in [6.45, 7) is 2.21. The Balaban J connectivity index is 1.48. The molecule has 0 radical (unpaired) electrons. The summed E-state index contributed by atoms with van der Waals surface area (Å²) in [5.74, 6) is 0.180. The molecule has 0 bridgehead atoms. The number of hydrogen-bond acceptors (Lipinski definition) is 3. The van der Waals surface area contributed by atoms with Crippen molar-refractivity contribution < 1.29 is 14.3 Å². The third-order valence-corrected chi connectivity index (χ3v) is 5.59. The molecule has 0 saturated heterocycles. The molecule has 0 amide bonds. The molecular formula is C29H32O3. The molecule has 0 aromatic heterocycles. The van der Waals surface area contributed by atoms with E-state index in [1.165, 1.54) is 32.1 Å². The van der Waals surface area contributed by atoms with E-state index in [9.17, 15) is 9.59 Å². The molecule has 0 saturated carbocycles. The number of carbonyl (C=O) groups is 2. The summed E-state index contributed by atoms with van der Waals surface area (Å²) in [5.41, 5.74) is 1.57. The first-order chi connectivity index (χ1) is 15.7. The summed E-state index contributed by atoms with van der Waals surface area (Å²) >= 11 is 0. The van der Waals surface area contributed by atoms with E-state index in [1.54, 1.807) is 30.3 Å². The molecule has 32 heavy (non-hydrogen) atoms. The Kier molecular flexibility index (Phi) is 9.24. The standard InChI is InChI=1S/C29H32O3/c1-2-3-4-5-6-7-8-16-29(31)32-26-20-17-25(18-21-26)28(30)22-19-24-14-11-13-23-12-9-10-15-27(23)24/h9-15,17-22H,2-8,16H2,1H3. The van der Waals surface area contributed by atoms with Crippen LogP contribution >= 0.6 is 0 Å². The lowest BCUT2D eigenvalue weighted by Gasteiger charge is -2.05. The van der Waals surface area contributed by atoms with Crippen LogP contribution in [0.1, 0.15) is 74.2 Å². The minimum atomic E-state index is -0.214. The lowest BCUT2D eigenvalue weighted by Crippen LogP contribution is -2.07. The van der Waals surface area contributed by atoms with E-state index in [1.807, 2.05) is 30.3 Å². The van der Waals surface area contributed by atoms with Crippen LogP contribution in [-0.4, -0.2) is 11.8 Å². The van der Waals surface area contributed by atoms with Crippen LogP contribution in [0.2, 0.25) is 0 Å². The van der Waals surface area contributed by atoms with Crippen molar-refractivity contribution in [3.8, 4) is 5.75 Å². The Hall–Kier alpha value is -3.20. The Bertz CT molecular complexity index is 1040. The highest BCUT2D eigenvalue weighted by Crippen LogP contribution is 2.20. The summed E-state index contributed by atoms with van der Waals surface area (Å²) in [4.78, 5) is 24.6. The van der Waals surface area contributed by atoms with Gasteiger partial charge in [0.05, 0.1) is 0 Å². The molecule has 166 valence electrons. The average Bonchev–Trinajstić information content (AvgIpc) is 2.82. The highest BCUT2D eigenvalue weighted by molar-refractivity contribution is 6.07. The molecular weight excluding hydrogens is 396 g/mol. The molecule has 0 aliphatic carbocycles. The summed E-state index contributed by atoms with van der Waals surface area (Å²) in [5, 5.41) is 2.26. The average molecular weight is 429 g/mol. The van der Waals surface area contributed by atoms with Gasteiger partial charge in [0.1, 0.15) is 5.75 Å². The molecule has 0 N–H and O–H groups in total. The lowest BCUT2D eigenvalue weighted by atomic mass is 10.0. The van der Waals surface area contributed by atoms with Crippen LogP contribution in [0.3, 0.4) is 0 Å². The Morgan fingerprint density at radius 1 is 0.781 bits per heavy atom. The smallest absolute Gasteiger partial charge is 0.311 e. The van der Waals surface area contributed by atoms with Crippen LogP contribution in [0.5, 0.6) is 5.75 Å². The molecule has 0 aliphatic rings. The molecule has 3 aromatic rings. The predicted molar refractivity (Wildman–Crippen MR) is 132 cm³/mol. The van der Waals surface area contributed by atoms with Crippen molar-refractivity contribution in [2.24, 2.45) is 0 Å². The van der Waals surface area contributed by atoms with Crippen molar-refractivity contribution in [2.75, 3.05) is 0 Å². The number of hydrogen-bond donors (Lipinski definition) is 0. The van der Waals surface area contributed by atoms with Gasteiger partial charge in [-0.3, -0.25) is 9.59 Å².